The van der Waals surface area contributed by atoms with Crippen LogP contribution >= 0.6 is 0 Å². The summed E-state index contributed by atoms with van der Waals surface area (Å²) in [6.45, 7) is 3.63. The molecule has 0 aliphatic heterocycles. The average Bonchev–Trinajstić information content (AvgIpc) is 2.76. The van der Waals surface area contributed by atoms with Crippen LogP contribution in [0.4, 0.5) is 0 Å². The highest BCUT2D eigenvalue weighted by Gasteiger charge is 2.16. The van der Waals surface area contributed by atoms with Crippen molar-refractivity contribution < 1.29 is 9.53 Å². The second kappa shape index (κ2) is 8.33. The molecule has 104 valence electrons. The molecule has 1 aromatic rings. The van der Waals surface area contributed by atoms with Gasteiger partial charge in [0, 0.05) is 20.0 Å². The Morgan fingerprint density at radius 2 is 2.37 bits per heavy atom. The van der Waals surface area contributed by atoms with Gasteiger partial charge in [0.15, 0.2) is 0 Å². The molecule has 0 radical (unpaired) electrons. The first-order chi connectivity index (χ1) is 9.20. The predicted octanol–water partition coefficient (Wildman–Crippen LogP) is 1.49. The summed E-state index contributed by atoms with van der Waals surface area (Å²) in [5.41, 5.74) is 1.37. The summed E-state index contributed by atoms with van der Waals surface area (Å²) in [7, 11) is 1.82. The molecule has 0 saturated heterocycles. The fourth-order valence-electron chi connectivity index (χ4n) is 1.74. The quantitative estimate of drug-likeness (QED) is 0.438. The summed E-state index contributed by atoms with van der Waals surface area (Å²) in [4.78, 5) is 11.7. The van der Waals surface area contributed by atoms with Gasteiger partial charge in [0.05, 0.1) is 18.5 Å². The van der Waals surface area contributed by atoms with Crippen LogP contribution in [0.3, 0.4) is 0 Å². The summed E-state index contributed by atoms with van der Waals surface area (Å²) in [6.07, 6.45) is 9.58. The van der Waals surface area contributed by atoms with Crippen molar-refractivity contribution in [1.82, 2.24) is 15.1 Å². The minimum Gasteiger partial charge on any atom is -0.462 e. The Bertz CT molecular complexity index is 446. The number of rotatable bonds is 8. The number of aryl methyl sites for hydroxylation is 1. The van der Waals surface area contributed by atoms with E-state index in [4.69, 9.17) is 11.2 Å². The van der Waals surface area contributed by atoms with Crippen molar-refractivity contribution in [2.45, 2.75) is 32.7 Å². The zero-order valence-electron chi connectivity index (χ0n) is 11.6. The topological polar surface area (TPSA) is 56.1 Å². The Labute approximate surface area is 114 Å². The number of unbranched alkanes of at least 4 members (excludes halogenated alkanes) is 2. The number of ether oxygens (including phenoxy) is 1. The molecule has 0 bridgehead atoms. The van der Waals surface area contributed by atoms with Crippen LogP contribution in [0.25, 0.3) is 0 Å². The lowest BCUT2D eigenvalue weighted by Crippen LogP contribution is -2.19. The van der Waals surface area contributed by atoms with Gasteiger partial charge >= 0.3 is 5.97 Å². The van der Waals surface area contributed by atoms with E-state index in [-0.39, 0.29) is 5.97 Å². The van der Waals surface area contributed by atoms with Gasteiger partial charge < -0.3 is 10.1 Å². The Balaban J connectivity index is 2.46. The second-order valence-corrected chi connectivity index (χ2v) is 4.19. The minimum atomic E-state index is -0.320. The van der Waals surface area contributed by atoms with E-state index in [0.29, 0.717) is 18.7 Å². The number of terminal acetylenes is 1. The fraction of sp³-hybridized carbons (Fsp3) is 0.571. The normalized spacial score (nSPS) is 10.2. The lowest BCUT2D eigenvalue weighted by atomic mass is 10.2. The number of carbonyl (C=O) groups excluding carboxylic acids is 1. The molecule has 5 heteroatoms. The molecule has 1 N–H and O–H groups in total. The van der Waals surface area contributed by atoms with Crippen LogP contribution in [0.5, 0.6) is 0 Å². The van der Waals surface area contributed by atoms with Gasteiger partial charge in [0.2, 0.25) is 0 Å². The van der Waals surface area contributed by atoms with Crippen LogP contribution in [-0.4, -0.2) is 28.9 Å². The smallest absolute Gasteiger partial charge is 0.341 e. The van der Waals surface area contributed by atoms with Crippen LogP contribution in [0.2, 0.25) is 0 Å². The summed E-state index contributed by atoms with van der Waals surface area (Å²) < 4.78 is 6.69. The summed E-state index contributed by atoms with van der Waals surface area (Å²) in [5, 5.41) is 7.39. The number of nitrogens with one attached hydrogen (secondary N) is 1. The third-order valence-electron chi connectivity index (χ3n) is 2.77. The van der Waals surface area contributed by atoms with E-state index in [1.807, 2.05) is 7.05 Å². The molecule has 0 unspecified atom stereocenters. The molecule has 0 amide bonds. The van der Waals surface area contributed by atoms with E-state index in [1.54, 1.807) is 17.8 Å². The third-order valence-corrected chi connectivity index (χ3v) is 2.77. The summed E-state index contributed by atoms with van der Waals surface area (Å²) in [5.74, 6) is 2.30. The zero-order valence-corrected chi connectivity index (χ0v) is 11.6. The first-order valence-electron chi connectivity index (χ1n) is 6.52. The van der Waals surface area contributed by atoms with Crippen LogP contribution in [0.1, 0.15) is 42.2 Å². The molecule has 19 heavy (non-hydrogen) atoms. The predicted molar refractivity (Wildman–Crippen MR) is 73.6 cm³/mol. The van der Waals surface area contributed by atoms with Crippen LogP contribution in [0, 0.1) is 12.3 Å². The highest BCUT2D eigenvalue weighted by molar-refractivity contribution is 5.90. The number of carbonyl (C=O) groups is 1. The monoisotopic (exact) mass is 263 g/mol. The second-order valence-electron chi connectivity index (χ2n) is 4.19. The van der Waals surface area contributed by atoms with Crippen LogP contribution in [0.15, 0.2) is 6.20 Å². The van der Waals surface area contributed by atoms with Crippen LogP contribution in [-0.2, 0) is 18.3 Å². The van der Waals surface area contributed by atoms with Crippen LogP contribution < -0.4 is 5.32 Å². The van der Waals surface area contributed by atoms with Gasteiger partial charge in [0.25, 0.3) is 0 Å². The standard InChI is InChI=1S/C14H21N3O2/c1-4-6-7-8-9-15-11-13-12(10-16-17(13)3)14(18)19-5-2/h1,10,15H,5-9,11H2,2-3H3. The van der Waals surface area contributed by atoms with Crippen molar-refractivity contribution in [3.8, 4) is 12.3 Å². The zero-order chi connectivity index (χ0) is 14.1. The van der Waals surface area contributed by atoms with Crippen molar-refractivity contribution in [3.05, 3.63) is 17.5 Å². The minimum absolute atomic E-state index is 0.320. The molecule has 0 fully saturated rings. The SMILES string of the molecule is C#CCCCCNCc1c(C(=O)OCC)cnn1C. The van der Waals surface area contributed by atoms with Crippen molar-refractivity contribution in [1.29, 1.82) is 0 Å². The molecule has 0 spiro atoms. The van der Waals surface area contributed by atoms with E-state index in [2.05, 4.69) is 16.3 Å². The number of aromatic nitrogens is 2. The third kappa shape index (κ3) is 4.76. The van der Waals surface area contributed by atoms with Crippen molar-refractivity contribution in [3.63, 3.8) is 0 Å². The molecule has 1 heterocycles. The number of hydrogen-bond acceptors (Lipinski definition) is 4. The summed E-state index contributed by atoms with van der Waals surface area (Å²) >= 11 is 0. The largest absolute Gasteiger partial charge is 0.462 e. The summed E-state index contributed by atoms with van der Waals surface area (Å²) in [6, 6.07) is 0. The molecule has 1 rings (SSSR count). The maximum atomic E-state index is 11.7. The highest BCUT2D eigenvalue weighted by atomic mass is 16.5. The van der Waals surface area contributed by atoms with Gasteiger partial charge in [-0.25, -0.2) is 4.79 Å². The van der Waals surface area contributed by atoms with Gasteiger partial charge in [0.1, 0.15) is 5.56 Å². The van der Waals surface area contributed by atoms with Gasteiger partial charge in [-0.3, -0.25) is 4.68 Å². The molecule has 5 nitrogen and oxygen atoms in total. The number of nitrogens with zero attached hydrogens (tertiary/aromatic N) is 2. The van der Waals surface area contributed by atoms with Gasteiger partial charge in [-0.1, -0.05) is 0 Å². The van der Waals surface area contributed by atoms with E-state index < -0.39 is 0 Å². The fourth-order valence-corrected chi connectivity index (χ4v) is 1.74. The highest BCUT2D eigenvalue weighted by Crippen LogP contribution is 2.09. The van der Waals surface area contributed by atoms with Gasteiger partial charge in [-0.15, -0.1) is 12.3 Å². The Morgan fingerprint density at radius 1 is 1.58 bits per heavy atom. The molecule has 1 aromatic heterocycles. The molecular formula is C14H21N3O2. The van der Waals surface area contributed by atoms with E-state index in [9.17, 15) is 4.79 Å². The molecule has 0 aromatic carbocycles. The average molecular weight is 263 g/mol. The van der Waals surface area contributed by atoms with Gasteiger partial charge in [-0.05, 0) is 26.3 Å². The maximum absolute atomic E-state index is 11.7. The Morgan fingerprint density at radius 3 is 3.05 bits per heavy atom. The molecule has 0 aliphatic rings. The number of hydrogen-bond donors (Lipinski definition) is 1. The van der Waals surface area contributed by atoms with E-state index >= 15 is 0 Å². The molecule has 0 aliphatic carbocycles. The maximum Gasteiger partial charge on any atom is 0.341 e. The lowest BCUT2D eigenvalue weighted by molar-refractivity contribution is 0.0524. The van der Waals surface area contributed by atoms with E-state index in [1.165, 1.54) is 0 Å². The first-order valence-corrected chi connectivity index (χ1v) is 6.52. The Kier molecular flexibility index (Phi) is 6.69. The Hall–Kier alpha value is -1.80. The van der Waals surface area contributed by atoms with Crippen molar-refractivity contribution in [2.75, 3.05) is 13.2 Å². The van der Waals surface area contributed by atoms with Crippen molar-refractivity contribution >= 4 is 5.97 Å². The number of esters is 1. The molecular weight excluding hydrogens is 242 g/mol. The molecule has 0 atom stereocenters. The lowest BCUT2D eigenvalue weighted by Gasteiger charge is -2.07. The van der Waals surface area contributed by atoms with Gasteiger partial charge in [-0.2, -0.15) is 5.10 Å². The van der Waals surface area contributed by atoms with Crippen molar-refractivity contribution in [2.24, 2.45) is 7.05 Å². The molecule has 0 saturated carbocycles. The van der Waals surface area contributed by atoms with E-state index in [0.717, 1.165) is 31.5 Å². The first kappa shape index (κ1) is 15.3.